The van der Waals surface area contributed by atoms with Crippen LogP contribution in [0.5, 0.6) is 0 Å². The van der Waals surface area contributed by atoms with Gasteiger partial charge in [-0.05, 0) is 44.1 Å². The van der Waals surface area contributed by atoms with Crippen LogP contribution in [0.2, 0.25) is 0 Å². The van der Waals surface area contributed by atoms with E-state index in [1.807, 2.05) is 0 Å². The molecule has 2 rings (SSSR count). The molecule has 4 heteroatoms. The third kappa shape index (κ3) is 2.88. The molecule has 4 nitrogen and oxygen atoms in total. The van der Waals surface area contributed by atoms with Crippen molar-refractivity contribution in [2.45, 2.75) is 38.5 Å². The van der Waals surface area contributed by atoms with Gasteiger partial charge in [0.2, 0.25) is 0 Å². The summed E-state index contributed by atoms with van der Waals surface area (Å²) in [6.45, 7) is 2.32. The molecular weight excluding hydrogens is 202 g/mol. The molecule has 0 heterocycles. The van der Waals surface area contributed by atoms with Gasteiger partial charge in [0.1, 0.15) is 5.84 Å². The zero-order valence-electron chi connectivity index (χ0n) is 10.2. The van der Waals surface area contributed by atoms with Crippen LogP contribution in [0.4, 0.5) is 0 Å². The Morgan fingerprint density at radius 3 is 2.62 bits per heavy atom. The molecule has 16 heavy (non-hydrogen) atoms. The normalized spacial score (nSPS) is 24.5. The number of nitrogens with zero attached hydrogens (tertiary/aromatic N) is 2. The first kappa shape index (κ1) is 11.7. The van der Waals surface area contributed by atoms with Crippen LogP contribution in [0.15, 0.2) is 5.16 Å². The first-order chi connectivity index (χ1) is 7.63. The van der Waals surface area contributed by atoms with Gasteiger partial charge in [0.15, 0.2) is 0 Å². The molecule has 0 saturated heterocycles. The molecule has 2 aliphatic carbocycles. The van der Waals surface area contributed by atoms with E-state index in [1.165, 1.54) is 38.6 Å². The van der Waals surface area contributed by atoms with Gasteiger partial charge in [-0.2, -0.15) is 0 Å². The fourth-order valence-corrected chi connectivity index (χ4v) is 2.74. The summed E-state index contributed by atoms with van der Waals surface area (Å²) in [4.78, 5) is 2.43. The van der Waals surface area contributed by atoms with Gasteiger partial charge < -0.3 is 15.8 Å². The van der Waals surface area contributed by atoms with E-state index >= 15 is 0 Å². The second-order valence-corrected chi connectivity index (χ2v) is 5.76. The van der Waals surface area contributed by atoms with Gasteiger partial charge in [0.25, 0.3) is 0 Å². The lowest BCUT2D eigenvalue weighted by Gasteiger charge is -2.32. The van der Waals surface area contributed by atoms with Crippen LogP contribution >= 0.6 is 0 Å². The quantitative estimate of drug-likeness (QED) is 0.312. The Morgan fingerprint density at radius 2 is 2.19 bits per heavy atom. The van der Waals surface area contributed by atoms with Crippen LogP contribution in [0.3, 0.4) is 0 Å². The molecule has 2 aliphatic rings. The number of amidine groups is 1. The molecule has 92 valence electrons. The highest BCUT2D eigenvalue weighted by Crippen LogP contribution is 2.49. The molecule has 2 fully saturated rings. The van der Waals surface area contributed by atoms with Crippen molar-refractivity contribution in [3.63, 3.8) is 0 Å². The summed E-state index contributed by atoms with van der Waals surface area (Å²) >= 11 is 0. The van der Waals surface area contributed by atoms with Crippen molar-refractivity contribution >= 4 is 5.84 Å². The van der Waals surface area contributed by atoms with Crippen molar-refractivity contribution in [2.75, 3.05) is 20.1 Å². The smallest absolute Gasteiger partial charge is 0.139 e. The van der Waals surface area contributed by atoms with Crippen molar-refractivity contribution < 1.29 is 5.21 Å². The summed E-state index contributed by atoms with van der Waals surface area (Å²) < 4.78 is 0. The van der Waals surface area contributed by atoms with Gasteiger partial charge >= 0.3 is 0 Å². The molecule has 0 spiro atoms. The summed E-state index contributed by atoms with van der Waals surface area (Å²) in [5.41, 5.74) is 5.91. The van der Waals surface area contributed by atoms with Crippen LogP contribution < -0.4 is 5.73 Å². The lowest BCUT2D eigenvalue weighted by Crippen LogP contribution is -2.35. The Kier molecular flexibility index (Phi) is 3.38. The zero-order valence-corrected chi connectivity index (χ0v) is 10.2. The lowest BCUT2D eigenvalue weighted by atomic mass is 9.85. The second kappa shape index (κ2) is 4.62. The number of nitrogens with two attached hydrogens (primary N) is 1. The van der Waals surface area contributed by atoms with Gasteiger partial charge in [-0.25, -0.2) is 0 Å². The predicted molar refractivity (Wildman–Crippen MR) is 64.5 cm³/mol. The highest BCUT2D eigenvalue weighted by Gasteiger charge is 2.44. The average molecular weight is 225 g/mol. The molecular formula is C12H23N3O. The summed E-state index contributed by atoms with van der Waals surface area (Å²) in [7, 11) is 2.20. The highest BCUT2D eigenvalue weighted by atomic mass is 16.4. The SMILES string of the molecule is CN(CC1CCC1)CC1(CC(N)=NO)CC1. The third-order valence-corrected chi connectivity index (χ3v) is 4.04. The maximum atomic E-state index is 8.60. The van der Waals surface area contributed by atoms with E-state index in [4.69, 9.17) is 10.9 Å². The summed E-state index contributed by atoms with van der Waals surface area (Å²) in [5.74, 6) is 1.30. The van der Waals surface area contributed by atoms with Gasteiger partial charge in [-0.1, -0.05) is 11.6 Å². The minimum absolute atomic E-state index is 0.314. The first-order valence-corrected chi connectivity index (χ1v) is 6.28. The minimum atomic E-state index is 0.314. The summed E-state index contributed by atoms with van der Waals surface area (Å²) in [6, 6.07) is 0. The first-order valence-electron chi connectivity index (χ1n) is 6.28. The van der Waals surface area contributed by atoms with Crippen molar-refractivity contribution in [3.05, 3.63) is 0 Å². The van der Waals surface area contributed by atoms with Crippen LogP contribution in [-0.4, -0.2) is 36.1 Å². The van der Waals surface area contributed by atoms with Crippen LogP contribution in [0.25, 0.3) is 0 Å². The predicted octanol–water partition coefficient (Wildman–Crippen LogP) is 1.63. The Hall–Kier alpha value is -0.770. The van der Waals surface area contributed by atoms with E-state index in [0.29, 0.717) is 11.3 Å². The molecule has 0 aliphatic heterocycles. The number of hydrogen-bond donors (Lipinski definition) is 2. The highest BCUT2D eigenvalue weighted by molar-refractivity contribution is 5.80. The fourth-order valence-electron chi connectivity index (χ4n) is 2.74. The molecule has 2 saturated carbocycles. The molecule has 3 N–H and O–H groups in total. The Balaban J connectivity index is 1.74. The van der Waals surface area contributed by atoms with E-state index in [9.17, 15) is 0 Å². The van der Waals surface area contributed by atoms with Gasteiger partial charge in [-0.15, -0.1) is 0 Å². The van der Waals surface area contributed by atoms with E-state index in [1.54, 1.807) is 0 Å². The summed E-state index contributed by atoms with van der Waals surface area (Å²) in [5, 5.41) is 11.7. The van der Waals surface area contributed by atoms with Gasteiger partial charge in [-0.3, -0.25) is 0 Å². The lowest BCUT2D eigenvalue weighted by molar-refractivity contribution is 0.180. The molecule has 0 aromatic rings. The maximum absolute atomic E-state index is 8.60. The van der Waals surface area contributed by atoms with Crippen molar-refractivity contribution in [3.8, 4) is 0 Å². The van der Waals surface area contributed by atoms with Crippen LogP contribution in [0, 0.1) is 11.3 Å². The molecule has 0 unspecified atom stereocenters. The van der Waals surface area contributed by atoms with E-state index < -0.39 is 0 Å². The number of oxime groups is 1. The monoisotopic (exact) mass is 225 g/mol. The van der Waals surface area contributed by atoms with Crippen LogP contribution in [-0.2, 0) is 0 Å². The van der Waals surface area contributed by atoms with Crippen LogP contribution in [0.1, 0.15) is 38.5 Å². The summed E-state index contributed by atoms with van der Waals surface area (Å²) in [6.07, 6.45) is 7.40. The maximum Gasteiger partial charge on any atom is 0.139 e. The Morgan fingerprint density at radius 1 is 1.50 bits per heavy atom. The standard InChI is InChI=1S/C12H23N3O/c1-15(8-10-3-2-4-10)9-12(5-6-12)7-11(13)14-16/h10,16H,2-9H2,1H3,(H2,13,14). The van der Waals surface area contributed by atoms with E-state index in [-0.39, 0.29) is 0 Å². The number of rotatable bonds is 6. The van der Waals surface area contributed by atoms with Gasteiger partial charge in [0, 0.05) is 19.5 Å². The largest absolute Gasteiger partial charge is 0.409 e. The van der Waals surface area contributed by atoms with Gasteiger partial charge in [0.05, 0.1) is 0 Å². The van der Waals surface area contributed by atoms with Crippen molar-refractivity contribution in [1.82, 2.24) is 4.90 Å². The van der Waals surface area contributed by atoms with Crippen molar-refractivity contribution in [2.24, 2.45) is 22.2 Å². The topological polar surface area (TPSA) is 61.8 Å². The Bertz CT molecular complexity index is 269. The molecule has 0 amide bonds. The molecule has 0 aromatic carbocycles. The van der Waals surface area contributed by atoms with Crippen molar-refractivity contribution in [1.29, 1.82) is 0 Å². The second-order valence-electron chi connectivity index (χ2n) is 5.76. The zero-order chi connectivity index (χ0) is 11.6. The number of hydrogen-bond acceptors (Lipinski definition) is 3. The minimum Gasteiger partial charge on any atom is -0.409 e. The Labute approximate surface area is 97.5 Å². The molecule has 0 atom stereocenters. The van der Waals surface area contributed by atoms with E-state index in [0.717, 1.165) is 18.9 Å². The molecule has 0 bridgehead atoms. The van der Waals surface area contributed by atoms with E-state index in [2.05, 4.69) is 17.1 Å². The molecule has 0 aromatic heterocycles. The molecule has 0 radical (unpaired) electrons. The third-order valence-electron chi connectivity index (χ3n) is 4.04. The average Bonchev–Trinajstić information content (AvgIpc) is 2.91. The fraction of sp³-hybridized carbons (Fsp3) is 0.917.